The Balaban J connectivity index is 1.55. The van der Waals surface area contributed by atoms with Crippen molar-refractivity contribution in [3.63, 3.8) is 0 Å². The average Bonchev–Trinajstić information content (AvgIpc) is 3.28. The first-order valence-electron chi connectivity index (χ1n) is 8.46. The Labute approximate surface area is 150 Å². The van der Waals surface area contributed by atoms with Crippen LogP contribution in [-0.4, -0.2) is 25.7 Å². The highest BCUT2D eigenvalue weighted by Gasteiger charge is 2.18. The van der Waals surface area contributed by atoms with E-state index in [1.54, 1.807) is 11.0 Å². The van der Waals surface area contributed by atoms with Crippen LogP contribution in [0.25, 0.3) is 16.6 Å². The first-order chi connectivity index (χ1) is 12.6. The Morgan fingerprint density at radius 2 is 1.92 bits per heavy atom. The molecule has 6 heteroatoms. The average molecular weight is 345 g/mol. The minimum atomic E-state index is -0.111. The van der Waals surface area contributed by atoms with E-state index >= 15 is 0 Å². The molecule has 2 N–H and O–H groups in total. The number of carbonyl (C=O) groups excluding carboxylic acids is 1. The van der Waals surface area contributed by atoms with Gasteiger partial charge in [-0.15, -0.1) is 0 Å². The number of carbonyl (C=O) groups is 1. The molecule has 26 heavy (non-hydrogen) atoms. The molecular formula is C20H19N5O. The molecule has 0 aliphatic rings. The largest absolute Gasteiger partial charge is 0.358 e. The quantitative estimate of drug-likeness (QED) is 0.594. The predicted octanol–water partition coefficient (Wildman–Crippen LogP) is 3.55. The van der Waals surface area contributed by atoms with Gasteiger partial charge in [0.05, 0.1) is 17.3 Å². The van der Waals surface area contributed by atoms with Crippen molar-refractivity contribution >= 4 is 16.8 Å². The number of aromatic amines is 1. The summed E-state index contributed by atoms with van der Waals surface area (Å²) in [6, 6.07) is 15.6. The highest BCUT2D eigenvalue weighted by Crippen LogP contribution is 2.23. The van der Waals surface area contributed by atoms with E-state index in [1.807, 2.05) is 62.4 Å². The maximum Gasteiger partial charge on any atom is 0.254 e. The number of rotatable bonds is 4. The van der Waals surface area contributed by atoms with Gasteiger partial charge in [-0.3, -0.25) is 4.79 Å². The van der Waals surface area contributed by atoms with Crippen LogP contribution in [0.4, 0.5) is 0 Å². The van der Waals surface area contributed by atoms with Gasteiger partial charge in [0.25, 0.3) is 5.91 Å². The van der Waals surface area contributed by atoms with Crippen LogP contribution < -0.4 is 5.32 Å². The summed E-state index contributed by atoms with van der Waals surface area (Å²) < 4.78 is 1.70. The van der Waals surface area contributed by atoms with Crippen LogP contribution in [0.5, 0.6) is 0 Å². The number of H-pyrrole nitrogens is 1. The molecule has 2 aromatic heterocycles. The molecule has 130 valence electrons. The van der Waals surface area contributed by atoms with Crippen molar-refractivity contribution < 1.29 is 4.79 Å². The SMILES string of the molecule is Cc1[nH]c2ccccc2c1C(=O)N[C@@H](C)c1ccc(-n2cncn2)cc1. The lowest BCUT2D eigenvalue weighted by atomic mass is 10.1. The van der Waals surface area contributed by atoms with Gasteiger partial charge in [0.2, 0.25) is 0 Å². The number of aryl methyl sites for hydroxylation is 1. The lowest BCUT2D eigenvalue weighted by molar-refractivity contribution is 0.0941. The van der Waals surface area contributed by atoms with Gasteiger partial charge in [0.15, 0.2) is 0 Å². The molecule has 0 spiro atoms. The summed E-state index contributed by atoms with van der Waals surface area (Å²) in [4.78, 5) is 20.0. The lowest BCUT2D eigenvalue weighted by Crippen LogP contribution is -2.27. The molecule has 2 heterocycles. The number of amides is 1. The number of benzene rings is 2. The van der Waals surface area contributed by atoms with E-state index in [0.717, 1.165) is 27.8 Å². The predicted molar refractivity (Wildman–Crippen MR) is 100 cm³/mol. The summed E-state index contributed by atoms with van der Waals surface area (Å²) in [5, 5.41) is 8.15. The number of nitrogens with one attached hydrogen (secondary N) is 2. The third-order valence-corrected chi connectivity index (χ3v) is 4.54. The Bertz CT molecular complexity index is 1050. The third kappa shape index (κ3) is 2.86. The topological polar surface area (TPSA) is 75.6 Å². The summed E-state index contributed by atoms with van der Waals surface area (Å²) in [5.74, 6) is -0.0761. The van der Waals surface area contributed by atoms with Gasteiger partial charge in [0.1, 0.15) is 12.7 Å². The zero-order chi connectivity index (χ0) is 18.1. The Morgan fingerprint density at radius 3 is 2.65 bits per heavy atom. The molecule has 0 unspecified atom stereocenters. The second kappa shape index (κ2) is 6.48. The standard InChI is InChI=1S/C20H19N5O/c1-13(15-7-9-16(10-8-15)25-12-21-11-22-25)24-20(26)19-14(2)23-18-6-4-3-5-17(18)19/h3-13,23H,1-2H3,(H,24,26)/t13-/m0/s1. The first kappa shape index (κ1) is 16.1. The number of fused-ring (bicyclic) bond motifs is 1. The maximum atomic E-state index is 12.8. The van der Waals surface area contributed by atoms with Crippen molar-refractivity contribution in [3.05, 3.63) is 78.0 Å². The van der Waals surface area contributed by atoms with Crippen molar-refractivity contribution in [1.82, 2.24) is 25.1 Å². The van der Waals surface area contributed by atoms with Crippen molar-refractivity contribution in [1.29, 1.82) is 0 Å². The number of para-hydroxylation sites is 1. The summed E-state index contributed by atoms with van der Waals surface area (Å²) >= 11 is 0. The molecule has 0 fully saturated rings. The van der Waals surface area contributed by atoms with Gasteiger partial charge in [-0.2, -0.15) is 5.10 Å². The molecule has 6 nitrogen and oxygen atoms in total. The van der Waals surface area contributed by atoms with Crippen molar-refractivity contribution in [3.8, 4) is 5.69 Å². The minimum Gasteiger partial charge on any atom is -0.358 e. The molecule has 2 aromatic carbocycles. The van der Waals surface area contributed by atoms with Crippen LogP contribution >= 0.6 is 0 Å². The number of hydrogen-bond acceptors (Lipinski definition) is 3. The molecule has 4 aromatic rings. The van der Waals surface area contributed by atoms with E-state index in [2.05, 4.69) is 20.4 Å². The maximum absolute atomic E-state index is 12.8. The summed E-state index contributed by atoms with van der Waals surface area (Å²) in [6.45, 7) is 3.90. The highest BCUT2D eigenvalue weighted by molar-refractivity contribution is 6.08. The Morgan fingerprint density at radius 1 is 1.15 bits per heavy atom. The summed E-state index contributed by atoms with van der Waals surface area (Å²) in [5.41, 5.74) is 4.50. The zero-order valence-electron chi connectivity index (χ0n) is 14.6. The Kier molecular flexibility index (Phi) is 4.01. The van der Waals surface area contributed by atoms with Crippen LogP contribution in [0.3, 0.4) is 0 Å². The van der Waals surface area contributed by atoms with E-state index in [-0.39, 0.29) is 11.9 Å². The number of nitrogens with zero attached hydrogens (tertiary/aromatic N) is 3. The molecule has 0 saturated heterocycles. The molecular weight excluding hydrogens is 326 g/mol. The molecule has 0 radical (unpaired) electrons. The first-order valence-corrected chi connectivity index (χ1v) is 8.46. The second-order valence-electron chi connectivity index (χ2n) is 6.30. The lowest BCUT2D eigenvalue weighted by Gasteiger charge is -2.15. The fourth-order valence-corrected chi connectivity index (χ4v) is 3.18. The van der Waals surface area contributed by atoms with Crippen LogP contribution in [0.15, 0.2) is 61.2 Å². The fraction of sp³-hybridized carbons (Fsp3) is 0.150. The monoisotopic (exact) mass is 345 g/mol. The highest BCUT2D eigenvalue weighted by atomic mass is 16.1. The van der Waals surface area contributed by atoms with E-state index in [9.17, 15) is 4.79 Å². The molecule has 1 atom stereocenters. The molecule has 4 rings (SSSR count). The van der Waals surface area contributed by atoms with Gasteiger partial charge in [-0.1, -0.05) is 30.3 Å². The Hall–Kier alpha value is -3.41. The van der Waals surface area contributed by atoms with Gasteiger partial charge < -0.3 is 10.3 Å². The van der Waals surface area contributed by atoms with Crippen LogP contribution in [0.1, 0.15) is 34.6 Å². The molecule has 1 amide bonds. The smallest absolute Gasteiger partial charge is 0.254 e. The summed E-state index contributed by atoms with van der Waals surface area (Å²) in [7, 11) is 0. The van der Waals surface area contributed by atoms with Gasteiger partial charge in [0, 0.05) is 16.6 Å². The van der Waals surface area contributed by atoms with Gasteiger partial charge in [-0.05, 0) is 37.6 Å². The zero-order valence-corrected chi connectivity index (χ0v) is 14.6. The van der Waals surface area contributed by atoms with Crippen molar-refractivity contribution in [2.24, 2.45) is 0 Å². The normalized spacial score (nSPS) is 12.2. The van der Waals surface area contributed by atoms with E-state index in [1.165, 1.54) is 6.33 Å². The minimum absolute atomic E-state index is 0.0761. The van der Waals surface area contributed by atoms with Crippen molar-refractivity contribution in [2.45, 2.75) is 19.9 Å². The van der Waals surface area contributed by atoms with E-state index in [4.69, 9.17) is 0 Å². The van der Waals surface area contributed by atoms with Crippen molar-refractivity contribution in [2.75, 3.05) is 0 Å². The van der Waals surface area contributed by atoms with E-state index in [0.29, 0.717) is 5.56 Å². The van der Waals surface area contributed by atoms with Gasteiger partial charge >= 0.3 is 0 Å². The second-order valence-corrected chi connectivity index (χ2v) is 6.30. The molecule has 0 aliphatic carbocycles. The molecule has 0 aliphatic heterocycles. The van der Waals surface area contributed by atoms with Crippen LogP contribution in [-0.2, 0) is 0 Å². The van der Waals surface area contributed by atoms with Gasteiger partial charge in [-0.25, -0.2) is 9.67 Å². The van der Waals surface area contributed by atoms with Crippen LogP contribution in [0.2, 0.25) is 0 Å². The molecule has 0 saturated carbocycles. The van der Waals surface area contributed by atoms with E-state index < -0.39 is 0 Å². The molecule has 0 bridgehead atoms. The summed E-state index contributed by atoms with van der Waals surface area (Å²) in [6.07, 6.45) is 3.15. The fourth-order valence-electron chi connectivity index (χ4n) is 3.18. The number of hydrogen-bond donors (Lipinski definition) is 2. The van der Waals surface area contributed by atoms with Crippen LogP contribution in [0, 0.1) is 6.92 Å². The number of aromatic nitrogens is 4. The third-order valence-electron chi connectivity index (χ3n) is 4.54.